The van der Waals surface area contributed by atoms with E-state index in [9.17, 15) is 23.1 Å². The summed E-state index contributed by atoms with van der Waals surface area (Å²) in [4.78, 5) is 34.4. The standard InChI is InChI=1S/C21H17FN4O2.2C20H16FN3O2.C6H7NO2.C4H10O.C4H9O.K/c1-12-18-16(10-27-12)26(20-19(18)24-11-25-21(20)23)13-7-8-17(15(22)9-13)28-14-5-3-2-4-6-14;1-12-18-16(11-25-12)24(20(23-2)19(18)22)13-8-9-17(15(21)10-13)26-14-6-4-3-5-7-14;1-14-20(23-3)18(12-25-14)24(13-22-2)15-9-10-19(17(21)11-15)26-16-7-5-4-6-8-16;1-4-6(7-2)5(8)3-9-4;2*1-4(2,3)5;/h2-9,11-12H,10H2,1H3,(H2,23,24,25);3-10,12H,11,22H2,1H3;4-11,14H,12-13H2,1H3;4,6H,3H2,1H3;5H,1-3H3;1-3H3;/q;;;;;-1;+1. The molecule has 5 atom stereocenters. The molecule has 0 amide bonds. The van der Waals surface area contributed by atoms with Crippen molar-refractivity contribution in [3.8, 4) is 45.9 Å². The van der Waals surface area contributed by atoms with Crippen molar-refractivity contribution in [3.05, 3.63) is 249 Å². The summed E-state index contributed by atoms with van der Waals surface area (Å²) >= 11 is 0. The number of carbonyl (C=O) groups is 1. The monoisotopic (exact) mass is 1390 g/mol. The SMILES string of the molecule is CC(C)(C)O.CC(C)(C)[O-].CC1OCc2c1c1ncnc(N)c1n2-c1ccc(Oc2ccccc2)c(F)c1.[C-]#[N+]C1C(=O)COC1C.[C-]#[N+]CN(C1=C([N+]#[C-])C(C)OC1)c1ccc(Oc2ccccc2)c(F)c1.[C-]#[N+]c1c(N)c2c(n1-c1ccc(Oc3ccccc3)c(F)c1)COC2C.[K+]. The van der Waals surface area contributed by atoms with Crippen molar-refractivity contribution in [2.45, 2.75) is 124 Å². The van der Waals surface area contributed by atoms with Crippen LogP contribution in [0.25, 0.3) is 41.8 Å². The maximum atomic E-state index is 14.8. The molecule has 4 aliphatic heterocycles. The van der Waals surface area contributed by atoms with Gasteiger partial charge < -0.3 is 69.1 Å². The summed E-state index contributed by atoms with van der Waals surface area (Å²) < 4.78 is 86.1. The van der Waals surface area contributed by atoms with Crippen LogP contribution in [0.5, 0.6) is 34.5 Å². The molecular weight excluding hydrogens is 1310 g/mol. The van der Waals surface area contributed by atoms with E-state index >= 15 is 0 Å². The van der Waals surface area contributed by atoms with Crippen molar-refractivity contribution in [3.63, 3.8) is 0 Å². The Hall–Kier alpha value is -9.42. The molecule has 100 heavy (non-hydrogen) atoms. The number of benzene rings is 6. The van der Waals surface area contributed by atoms with E-state index in [2.05, 4.69) is 29.3 Å². The Kier molecular flexibility index (Phi) is 27.3. The summed E-state index contributed by atoms with van der Waals surface area (Å²) in [7, 11) is 0. The molecule has 25 heteroatoms. The van der Waals surface area contributed by atoms with E-state index < -0.39 is 34.7 Å². The van der Waals surface area contributed by atoms with Crippen molar-refractivity contribution in [1.29, 1.82) is 0 Å². The molecule has 6 aromatic carbocycles. The average Bonchev–Trinajstić information content (AvgIpc) is 1.59. The number of aromatic nitrogens is 4. The van der Waals surface area contributed by atoms with Crippen molar-refractivity contribution in [2.75, 3.05) is 36.2 Å². The molecule has 0 saturated carbocycles. The number of hydrogen-bond donors (Lipinski definition) is 3. The Balaban J connectivity index is 0.000000185. The first-order valence-corrected chi connectivity index (χ1v) is 31.2. The molecule has 5 N–H and O–H groups in total. The summed E-state index contributed by atoms with van der Waals surface area (Å²) in [6.45, 7) is 47.1. The fourth-order valence-corrected chi connectivity index (χ4v) is 10.5. The number of rotatable bonds is 11. The third-order valence-corrected chi connectivity index (χ3v) is 14.8. The molecule has 9 aromatic rings. The van der Waals surface area contributed by atoms with Crippen LogP contribution >= 0.6 is 0 Å². The maximum Gasteiger partial charge on any atom is 1.00 e. The van der Waals surface area contributed by atoms with Crippen LogP contribution in [0.1, 0.15) is 104 Å². The zero-order chi connectivity index (χ0) is 71.9. The molecule has 0 spiro atoms. The first-order valence-electron chi connectivity index (χ1n) is 31.2. The van der Waals surface area contributed by atoms with Crippen LogP contribution in [0, 0.1) is 43.7 Å². The summed E-state index contributed by atoms with van der Waals surface area (Å²) in [5.41, 5.74) is 18.9. The third kappa shape index (κ3) is 19.9. The minimum Gasteiger partial charge on any atom is -0.850 e. The van der Waals surface area contributed by atoms with Crippen LogP contribution in [0.2, 0.25) is 0 Å². The molecule has 13 rings (SSSR count). The Morgan fingerprint density at radius 1 is 0.620 bits per heavy atom. The molecule has 3 aromatic heterocycles. The molecule has 512 valence electrons. The van der Waals surface area contributed by atoms with Gasteiger partial charge in [0.05, 0.1) is 60.8 Å². The van der Waals surface area contributed by atoms with E-state index in [-0.39, 0.29) is 125 Å². The van der Waals surface area contributed by atoms with E-state index in [1.807, 2.05) is 60.9 Å². The van der Waals surface area contributed by atoms with Gasteiger partial charge in [0.25, 0.3) is 12.5 Å². The van der Waals surface area contributed by atoms with E-state index in [0.717, 1.165) is 28.0 Å². The predicted molar refractivity (Wildman–Crippen MR) is 368 cm³/mol. The number of ether oxygens (including phenoxy) is 7. The van der Waals surface area contributed by atoms with E-state index in [1.165, 1.54) is 30.6 Å². The zero-order valence-electron chi connectivity index (χ0n) is 57.3. The first-order chi connectivity index (χ1) is 47.1. The Labute approximate surface area is 622 Å². The number of para-hydroxylation sites is 3. The molecule has 7 heterocycles. The molecular formula is C75H75F3KN11O10. The smallest absolute Gasteiger partial charge is 0.850 e. The number of anilines is 3. The summed E-state index contributed by atoms with van der Waals surface area (Å²) in [6.07, 6.45) is 0.609. The molecule has 1 fully saturated rings. The number of aliphatic hydroxyl groups is 1. The normalized spacial score (nSPS) is 16.9. The number of hydrogen-bond acceptors (Lipinski definition) is 15. The second-order valence-electron chi connectivity index (χ2n) is 24.7. The van der Waals surface area contributed by atoms with Gasteiger partial charge in [-0.25, -0.2) is 41.1 Å². The number of nitrogens with two attached hydrogens (primary N) is 2. The van der Waals surface area contributed by atoms with Crippen LogP contribution in [0.3, 0.4) is 0 Å². The van der Waals surface area contributed by atoms with E-state index in [4.69, 9.17) is 76.0 Å². The van der Waals surface area contributed by atoms with E-state index in [0.29, 0.717) is 75.9 Å². The maximum absolute atomic E-state index is 14.8. The Morgan fingerprint density at radius 3 is 1.49 bits per heavy atom. The first kappa shape index (κ1) is 77.9. The summed E-state index contributed by atoms with van der Waals surface area (Å²) in [5, 5.41) is 18.6. The van der Waals surface area contributed by atoms with Crippen LogP contribution < -0.4 is 87.1 Å². The number of nitrogens with zero attached hydrogens (tertiary/aromatic N) is 9. The molecule has 1 saturated heterocycles. The second kappa shape index (κ2) is 35.1. The van der Waals surface area contributed by atoms with Gasteiger partial charge in [-0.05, 0) is 121 Å². The summed E-state index contributed by atoms with van der Waals surface area (Å²) in [6, 6.07) is 40.4. The predicted octanol–water partition coefficient (Wildman–Crippen LogP) is 12.7. The van der Waals surface area contributed by atoms with Crippen LogP contribution in [0.4, 0.5) is 36.2 Å². The van der Waals surface area contributed by atoms with Gasteiger partial charge in [-0.1, -0.05) is 81.9 Å². The summed E-state index contributed by atoms with van der Waals surface area (Å²) in [5.74, 6) is 1.02. The molecule has 0 radical (unpaired) electrons. The number of Topliss-reactive ketones (excluding diaryl/α,β-unsaturated/α-hetero) is 1. The fourth-order valence-electron chi connectivity index (χ4n) is 10.5. The van der Waals surface area contributed by atoms with Crippen molar-refractivity contribution in [1.82, 2.24) is 19.1 Å². The quantitative estimate of drug-likeness (QED) is 0.0807. The minimum absolute atomic E-state index is 0. The second-order valence-corrected chi connectivity index (χ2v) is 24.7. The molecule has 21 nitrogen and oxygen atoms in total. The van der Waals surface area contributed by atoms with Crippen LogP contribution in [0.15, 0.2) is 163 Å². The van der Waals surface area contributed by atoms with Crippen molar-refractivity contribution < 1.29 is 113 Å². The van der Waals surface area contributed by atoms with Gasteiger partial charge in [-0.3, -0.25) is 19.1 Å². The van der Waals surface area contributed by atoms with Gasteiger partial charge in [0.15, 0.2) is 40.5 Å². The average molecular weight is 1390 g/mol. The number of ketones is 1. The molecule has 5 unspecified atom stereocenters. The molecule has 0 bridgehead atoms. The number of halogens is 3. The van der Waals surface area contributed by atoms with Crippen molar-refractivity contribution in [2.24, 2.45) is 0 Å². The van der Waals surface area contributed by atoms with Gasteiger partial charge in [0.2, 0.25) is 11.5 Å². The van der Waals surface area contributed by atoms with Gasteiger partial charge in [-0.2, -0.15) is 0 Å². The third-order valence-electron chi connectivity index (χ3n) is 14.8. The van der Waals surface area contributed by atoms with Crippen molar-refractivity contribution >= 4 is 39.8 Å². The molecule has 4 aliphatic rings. The number of carbonyl (C=O) groups excluding carboxylic acids is 1. The van der Waals surface area contributed by atoms with Gasteiger partial charge in [-0.15, -0.1) is 5.60 Å². The number of nitrogen functional groups attached to an aromatic ring is 2. The fraction of sp³-hybridized carbons (Fsp3) is 0.293. The van der Waals surface area contributed by atoms with Crippen LogP contribution in [-0.4, -0.2) is 79.3 Å². The van der Waals surface area contributed by atoms with Crippen LogP contribution in [-0.2, 0) is 37.0 Å². The largest absolute Gasteiger partial charge is 1.00 e. The van der Waals surface area contributed by atoms with Gasteiger partial charge in [0, 0.05) is 40.7 Å². The molecule has 0 aliphatic carbocycles. The Morgan fingerprint density at radius 2 is 1.07 bits per heavy atom. The van der Waals surface area contributed by atoms with Gasteiger partial charge in [0.1, 0.15) is 65.3 Å². The minimum atomic E-state index is -0.750. The van der Waals surface area contributed by atoms with E-state index in [1.54, 1.807) is 144 Å². The zero-order valence-corrected chi connectivity index (χ0v) is 60.4. The van der Waals surface area contributed by atoms with Gasteiger partial charge >= 0.3 is 57.4 Å². The topological polar surface area (TPSA) is 233 Å². The Bertz CT molecular complexity index is 4510. The number of fused-ring (bicyclic) bond motifs is 4.